The quantitative estimate of drug-likeness (QED) is 0.175. The molecule has 0 bridgehead atoms. The van der Waals surface area contributed by atoms with Gasteiger partial charge in [-0.1, -0.05) is 152 Å². The molecule has 0 radical (unpaired) electrons. The molecule has 0 spiro atoms. The summed E-state index contributed by atoms with van der Waals surface area (Å²) in [6.07, 6.45) is 0. The Morgan fingerprint density at radius 2 is 0.860 bits per heavy atom. The average Bonchev–Trinajstić information content (AvgIpc) is 3.99. The molecule has 0 saturated carbocycles. The minimum atomic E-state index is 0.641. The molecule has 8 aromatic carbocycles. The first kappa shape index (κ1) is 31.9. The number of benzene rings is 8. The van der Waals surface area contributed by atoms with Crippen LogP contribution < -0.4 is 0 Å². The second kappa shape index (κ2) is 12.6. The van der Waals surface area contributed by atoms with Crippen LogP contribution in [0.1, 0.15) is 0 Å². The molecule has 6 heteroatoms. The highest BCUT2D eigenvalue weighted by atomic mass is 32.1. The minimum Gasteiger partial charge on any atom is -0.455 e. The standard InChI is InChI=1S/C51H29N3O2S/c1-3-14-30(15-4-1)49-52-50(31-16-5-2-6-17-31)54-51(53-49)40-24-13-27-43-44(40)39-23-12-22-37(48(39)57-43)36-29-28-33(45-38-19-8-10-26-42(38)56-47(36)45)35-21-11-20-34-32-18-7-9-25-41(32)55-46(34)35/h1-29H. The van der Waals surface area contributed by atoms with Gasteiger partial charge >= 0.3 is 0 Å². The van der Waals surface area contributed by atoms with Gasteiger partial charge in [-0.25, -0.2) is 15.0 Å². The van der Waals surface area contributed by atoms with E-state index in [1.54, 1.807) is 11.3 Å². The third-order valence-corrected chi connectivity index (χ3v) is 12.2. The smallest absolute Gasteiger partial charge is 0.164 e. The highest BCUT2D eigenvalue weighted by Gasteiger charge is 2.23. The monoisotopic (exact) mass is 747 g/mol. The van der Waals surface area contributed by atoms with E-state index in [-0.39, 0.29) is 0 Å². The van der Waals surface area contributed by atoms with E-state index in [1.165, 1.54) is 4.70 Å². The minimum absolute atomic E-state index is 0.641. The van der Waals surface area contributed by atoms with Crippen LogP contribution in [0.4, 0.5) is 0 Å². The molecule has 0 fully saturated rings. The maximum atomic E-state index is 6.84. The number of nitrogens with zero attached hydrogens (tertiary/aromatic N) is 3. The molecule has 12 aromatic rings. The molecular formula is C51H29N3O2S. The predicted octanol–water partition coefficient (Wildman–Crippen LogP) is 14.4. The van der Waals surface area contributed by atoms with Crippen LogP contribution in [0.25, 0.3) is 120 Å². The van der Waals surface area contributed by atoms with Crippen molar-refractivity contribution in [2.24, 2.45) is 0 Å². The Labute approximate surface area is 330 Å². The molecule has 0 aliphatic carbocycles. The Hall–Kier alpha value is -7.41. The molecule has 4 heterocycles. The predicted molar refractivity (Wildman–Crippen MR) is 234 cm³/mol. The van der Waals surface area contributed by atoms with Crippen LogP contribution >= 0.6 is 11.3 Å². The van der Waals surface area contributed by atoms with Gasteiger partial charge in [0, 0.05) is 75.1 Å². The van der Waals surface area contributed by atoms with Gasteiger partial charge in [-0.3, -0.25) is 0 Å². The van der Waals surface area contributed by atoms with Gasteiger partial charge in [0.15, 0.2) is 17.5 Å². The summed E-state index contributed by atoms with van der Waals surface area (Å²) in [5.74, 6) is 1.92. The average molecular weight is 748 g/mol. The van der Waals surface area contributed by atoms with E-state index in [1.807, 2.05) is 78.9 Å². The van der Waals surface area contributed by atoms with E-state index in [2.05, 4.69) is 97.1 Å². The number of hydrogen-bond donors (Lipinski definition) is 0. The van der Waals surface area contributed by atoms with E-state index in [4.69, 9.17) is 23.8 Å². The zero-order valence-corrected chi connectivity index (χ0v) is 31.1. The SMILES string of the molecule is c1ccc(-c2nc(-c3ccccc3)nc(-c3cccc4sc5c(-c6ccc(-c7cccc8c7oc7ccccc78)c7c6oc6ccccc67)cccc5c34)n2)cc1. The van der Waals surface area contributed by atoms with Gasteiger partial charge in [-0.2, -0.15) is 0 Å². The van der Waals surface area contributed by atoms with Crippen LogP contribution in [-0.2, 0) is 0 Å². The topological polar surface area (TPSA) is 65.0 Å². The zero-order chi connectivity index (χ0) is 37.5. The molecule has 0 N–H and O–H groups in total. The maximum Gasteiger partial charge on any atom is 0.164 e. The van der Waals surface area contributed by atoms with Crippen molar-refractivity contribution in [1.82, 2.24) is 15.0 Å². The van der Waals surface area contributed by atoms with Crippen LogP contribution in [0.3, 0.4) is 0 Å². The van der Waals surface area contributed by atoms with Gasteiger partial charge in [0.05, 0.1) is 0 Å². The van der Waals surface area contributed by atoms with E-state index in [0.29, 0.717) is 17.5 Å². The molecule has 0 unspecified atom stereocenters. The molecular weight excluding hydrogens is 719 g/mol. The van der Waals surface area contributed by atoms with Crippen LogP contribution in [0.5, 0.6) is 0 Å². The van der Waals surface area contributed by atoms with Gasteiger partial charge < -0.3 is 8.83 Å². The van der Waals surface area contributed by atoms with Crippen molar-refractivity contribution in [2.75, 3.05) is 0 Å². The number of aromatic nitrogens is 3. The van der Waals surface area contributed by atoms with E-state index in [0.717, 1.165) is 98.3 Å². The molecule has 0 aliphatic rings. The lowest BCUT2D eigenvalue weighted by atomic mass is 9.93. The third kappa shape index (κ3) is 4.98. The summed E-state index contributed by atoms with van der Waals surface area (Å²) in [4.78, 5) is 15.2. The third-order valence-electron chi connectivity index (χ3n) is 11.0. The molecule has 12 rings (SSSR count). The highest BCUT2D eigenvalue weighted by molar-refractivity contribution is 7.26. The molecule has 57 heavy (non-hydrogen) atoms. The molecule has 5 nitrogen and oxygen atoms in total. The maximum absolute atomic E-state index is 6.84. The Morgan fingerprint density at radius 1 is 0.333 bits per heavy atom. The molecule has 4 aromatic heterocycles. The largest absolute Gasteiger partial charge is 0.455 e. The first-order valence-electron chi connectivity index (χ1n) is 18.9. The number of rotatable bonds is 5. The summed E-state index contributed by atoms with van der Waals surface area (Å²) in [6, 6.07) is 60.7. The number of furan rings is 2. The van der Waals surface area contributed by atoms with Gasteiger partial charge in [-0.05, 0) is 29.8 Å². The first-order chi connectivity index (χ1) is 28.3. The van der Waals surface area contributed by atoms with Crippen molar-refractivity contribution in [3.63, 3.8) is 0 Å². The summed E-state index contributed by atoms with van der Waals surface area (Å²) in [7, 11) is 0. The highest BCUT2D eigenvalue weighted by Crippen LogP contribution is 2.48. The molecule has 0 saturated heterocycles. The number of thiophene rings is 1. The molecule has 0 amide bonds. The van der Waals surface area contributed by atoms with Crippen molar-refractivity contribution in [1.29, 1.82) is 0 Å². The van der Waals surface area contributed by atoms with Crippen molar-refractivity contribution in [2.45, 2.75) is 0 Å². The molecule has 266 valence electrons. The van der Waals surface area contributed by atoms with E-state index >= 15 is 0 Å². The van der Waals surface area contributed by atoms with Crippen LogP contribution in [0, 0.1) is 0 Å². The Kier molecular flexibility index (Phi) is 7.03. The summed E-state index contributed by atoms with van der Waals surface area (Å²) >= 11 is 1.79. The van der Waals surface area contributed by atoms with Crippen molar-refractivity contribution in [3.8, 4) is 56.4 Å². The van der Waals surface area contributed by atoms with Gasteiger partial charge in [-0.15, -0.1) is 11.3 Å². The summed E-state index contributed by atoms with van der Waals surface area (Å²) in [5, 5.41) is 6.62. The lowest BCUT2D eigenvalue weighted by Gasteiger charge is -2.10. The normalized spacial score (nSPS) is 11.9. The summed E-state index contributed by atoms with van der Waals surface area (Å²) in [6.45, 7) is 0. The Balaban J connectivity index is 1.09. The fourth-order valence-electron chi connectivity index (χ4n) is 8.40. The number of fused-ring (bicyclic) bond motifs is 9. The van der Waals surface area contributed by atoms with Gasteiger partial charge in [0.1, 0.15) is 22.3 Å². The zero-order valence-electron chi connectivity index (χ0n) is 30.3. The van der Waals surface area contributed by atoms with Crippen LogP contribution in [0.2, 0.25) is 0 Å². The van der Waals surface area contributed by atoms with Crippen molar-refractivity contribution < 1.29 is 8.83 Å². The number of para-hydroxylation sites is 3. The van der Waals surface area contributed by atoms with Crippen LogP contribution in [-0.4, -0.2) is 15.0 Å². The Morgan fingerprint density at radius 3 is 1.61 bits per heavy atom. The second-order valence-corrected chi connectivity index (χ2v) is 15.3. The van der Waals surface area contributed by atoms with Crippen molar-refractivity contribution in [3.05, 3.63) is 176 Å². The van der Waals surface area contributed by atoms with Gasteiger partial charge in [0.25, 0.3) is 0 Å². The lowest BCUT2D eigenvalue weighted by molar-refractivity contribution is 0.669. The number of hydrogen-bond acceptors (Lipinski definition) is 6. The van der Waals surface area contributed by atoms with Crippen molar-refractivity contribution >= 4 is 75.4 Å². The fourth-order valence-corrected chi connectivity index (χ4v) is 9.66. The molecule has 0 aliphatic heterocycles. The Bertz CT molecular complexity index is 3470. The fraction of sp³-hybridized carbons (Fsp3) is 0. The molecule has 0 atom stereocenters. The lowest BCUT2D eigenvalue weighted by Crippen LogP contribution is -2.00. The first-order valence-corrected chi connectivity index (χ1v) is 19.8. The van der Waals surface area contributed by atoms with Gasteiger partial charge in [0.2, 0.25) is 0 Å². The second-order valence-electron chi connectivity index (χ2n) is 14.2. The van der Waals surface area contributed by atoms with E-state index < -0.39 is 0 Å². The summed E-state index contributed by atoms with van der Waals surface area (Å²) < 4.78 is 15.7. The van der Waals surface area contributed by atoms with E-state index in [9.17, 15) is 0 Å². The summed E-state index contributed by atoms with van der Waals surface area (Å²) in [5.41, 5.74) is 10.6. The van der Waals surface area contributed by atoms with Crippen LogP contribution in [0.15, 0.2) is 185 Å².